The van der Waals surface area contributed by atoms with Crippen molar-refractivity contribution >= 4 is 5.69 Å². The van der Waals surface area contributed by atoms with E-state index in [-0.39, 0.29) is 0 Å². The molecule has 3 nitrogen and oxygen atoms in total. The van der Waals surface area contributed by atoms with Crippen LogP contribution in [-0.2, 0) is 0 Å². The largest absolute Gasteiger partial charge is 0.497 e. The quantitative estimate of drug-likeness (QED) is 0.835. The molecule has 0 radical (unpaired) electrons. The van der Waals surface area contributed by atoms with E-state index < -0.39 is 0 Å². The smallest absolute Gasteiger partial charge is 0.150 e. The molecule has 0 bridgehead atoms. The molecule has 0 aliphatic heterocycles. The SMILES string of the molecule is COc1ccc(Oc2ccc(C(C)C)cc2)c(N)c1. The highest BCUT2D eigenvalue weighted by atomic mass is 16.5. The first-order chi connectivity index (χ1) is 9.10. The highest BCUT2D eigenvalue weighted by Crippen LogP contribution is 2.31. The van der Waals surface area contributed by atoms with E-state index in [1.807, 2.05) is 24.3 Å². The molecule has 0 saturated heterocycles. The first kappa shape index (κ1) is 13.3. The Balaban J connectivity index is 2.16. The second-order valence-corrected chi connectivity index (χ2v) is 4.73. The molecule has 2 N–H and O–H groups in total. The fourth-order valence-corrected chi connectivity index (χ4v) is 1.79. The van der Waals surface area contributed by atoms with E-state index in [9.17, 15) is 0 Å². The van der Waals surface area contributed by atoms with Gasteiger partial charge in [-0.05, 0) is 35.7 Å². The van der Waals surface area contributed by atoms with Crippen LogP contribution in [0.2, 0.25) is 0 Å². The van der Waals surface area contributed by atoms with Gasteiger partial charge in [-0.2, -0.15) is 0 Å². The average molecular weight is 257 g/mol. The average Bonchev–Trinajstić information content (AvgIpc) is 2.41. The van der Waals surface area contributed by atoms with Gasteiger partial charge in [0, 0.05) is 6.07 Å². The lowest BCUT2D eigenvalue weighted by atomic mass is 10.0. The van der Waals surface area contributed by atoms with Crippen molar-refractivity contribution in [3.8, 4) is 17.2 Å². The fraction of sp³-hybridized carbons (Fsp3) is 0.250. The Morgan fingerprint density at radius 2 is 1.58 bits per heavy atom. The van der Waals surface area contributed by atoms with Crippen molar-refractivity contribution in [3.05, 3.63) is 48.0 Å². The van der Waals surface area contributed by atoms with Gasteiger partial charge in [-0.1, -0.05) is 26.0 Å². The van der Waals surface area contributed by atoms with E-state index in [4.69, 9.17) is 15.2 Å². The van der Waals surface area contributed by atoms with Crippen LogP contribution in [0.1, 0.15) is 25.3 Å². The van der Waals surface area contributed by atoms with E-state index in [0.29, 0.717) is 17.4 Å². The molecule has 3 heteroatoms. The van der Waals surface area contributed by atoms with Crippen LogP contribution in [0.25, 0.3) is 0 Å². The number of nitrogens with two attached hydrogens (primary N) is 1. The van der Waals surface area contributed by atoms with Crippen molar-refractivity contribution in [3.63, 3.8) is 0 Å². The lowest BCUT2D eigenvalue weighted by Crippen LogP contribution is -1.94. The summed E-state index contributed by atoms with van der Waals surface area (Å²) in [6, 6.07) is 13.4. The van der Waals surface area contributed by atoms with Crippen molar-refractivity contribution in [1.82, 2.24) is 0 Å². The molecule has 0 aliphatic carbocycles. The molecule has 0 atom stereocenters. The lowest BCUT2D eigenvalue weighted by Gasteiger charge is -2.11. The first-order valence-corrected chi connectivity index (χ1v) is 6.31. The third-order valence-corrected chi connectivity index (χ3v) is 2.99. The molecule has 0 saturated carbocycles. The van der Waals surface area contributed by atoms with Gasteiger partial charge in [0.1, 0.15) is 11.5 Å². The van der Waals surface area contributed by atoms with Crippen LogP contribution in [0, 0.1) is 0 Å². The normalized spacial score (nSPS) is 10.5. The number of nitrogen functional groups attached to an aromatic ring is 1. The maximum Gasteiger partial charge on any atom is 0.150 e. The van der Waals surface area contributed by atoms with Gasteiger partial charge in [-0.15, -0.1) is 0 Å². The zero-order valence-corrected chi connectivity index (χ0v) is 11.5. The topological polar surface area (TPSA) is 44.5 Å². The molecule has 100 valence electrons. The maximum absolute atomic E-state index is 5.92. The first-order valence-electron chi connectivity index (χ1n) is 6.31. The second kappa shape index (κ2) is 5.65. The van der Waals surface area contributed by atoms with Crippen LogP contribution in [0.5, 0.6) is 17.2 Å². The predicted octanol–water partition coefficient (Wildman–Crippen LogP) is 4.19. The Bertz CT molecular complexity index is 547. The molecule has 0 aliphatic rings. The zero-order valence-electron chi connectivity index (χ0n) is 11.5. The summed E-state index contributed by atoms with van der Waals surface area (Å²) in [6.07, 6.45) is 0. The van der Waals surface area contributed by atoms with Gasteiger partial charge < -0.3 is 15.2 Å². The molecule has 0 fully saturated rings. The summed E-state index contributed by atoms with van der Waals surface area (Å²) in [5, 5.41) is 0. The maximum atomic E-state index is 5.92. The van der Waals surface area contributed by atoms with E-state index in [2.05, 4.69) is 26.0 Å². The van der Waals surface area contributed by atoms with E-state index >= 15 is 0 Å². The number of rotatable bonds is 4. The Morgan fingerprint density at radius 3 is 2.11 bits per heavy atom. The Morgan fingerprint density at radius 1 is 0.947 bits per heavy atom. The van der Waals surface area contributed by atoms with Crippen LogP contribution < -0.4 is 15.2 Å². The van der Waals surface area contributed by atoms with Gasteiger partial charge in [0.05, 0.1) is 12.8 Å². The van der Waals surface area contributed by atoms with Crippen LogP contribution in [0.15, 0.2) is 42.5 Å². The molecule has 2 aromatic rings. The predicted molar refractivity (Wildman–Crippen MR) is 78.0 cm³/mol. The van der Waals surface area contributed by atoms with Gasteiger partial charge >= 0.3 is 0 Å². The molecule has 19 heavy (non-hydrogen) atoms. The minimum absolute atomic E-state index is 0.514. The second-order valence-electron chi connectivity index (χ2n) is 4.73. The monoisotopic (exact) mass is 257 g/mol. The molecular weight excluding hydrogens is 238 g/mol. The summed E-state index contributed by atoms with van der Waals surface area (Å²) in [5.41, 5.74) is 7.77. The highest BCUT2D eigenvalue weighted by molar-refractivity contribution is 5.57. The molecule has 0 amide bonds. The number of ether oxygens (including phenoxy) is 2. The van der Waals surface area contributed by atoms with Gasteiger partial charge in [-0.3, -0.25) is 0 Å². The molecular formula is C16H19NO2. The minimum atomic E-state index is 0.514. The van der Waals surface area contributed by atoms with Crippen molar-refractivity contribution in [2.75, 3.05) is 12.8 Å². The van der Waals surface area contributed by atoms with Gasteiger partial charge in [0.2, 0.25) is 0 Å². The van der Waals surface area contributed by atoms with Crippen molar-refractivity contribution < 1.29 is 9.47 Å². The summed E-state index contributed by atoms with van der Waals surface area (Å²) in [7, 11) is 1.61. The minimum Gasteiger partial charge on any atom is -0.497 e. The Hall–Kier alpha value is -2.16. The fourth-order valence-electron chi connectivity index (χ4n) is 1.79. The van der Waals surface area contributed by atoms with Crippen LogP contribution in [0.3, 0.4) is 0 Å². The zero-order chi connectivity index (χ0) is 13.8. The van der Waals surface area contributed by atoms with Gasteiger partial charge in [0.15, 0.2) is 5.75 Å². The summed E-state index contributed by atoms with van der Waals surface area (Å²) in [6.45, 7) is 4.33. The Kier molecular flexibility index (Phi) is 3.95. The third-order valence-electron chi connectivity index (χ3n) is 2.99. The summed E-state index contributed by atoms with van der Waals surface area (Å²) >= 11 is 0. The van der Waals surface area contributed by atoms with Crippen LogP contribution >= 0.6 is 0 Å². The van der Waals surface area contributed by atoms with E-state index in [0.717, 1.165) is 11.5 Å². The number of benzene rings is 2. The number of hydrogen-bond donors (Lipinski definition) is 1. The number of methoxy groups -OCH3 is 1. The summed E-state index contributed by atoms with van der Waals surface area (Å²) in [5.74, 6) is 2.65. The van der Waals surface area contributed by atoms with Gasteiger partial charge in [0.25, 0.3) is 0 Å². The number of hydrogen-bond acceptors (Lipinski definition) is 3. The molecule has 2 aromatic carbocycles. The highest BCUT2D eigenvalue weighted by Gasteiger charge is 2.05. The van der Waals surface area contributed by atoms with E-state index in [1.165, 1.54) is 5.56 Å². The molecule has 2 rings (SSSR count). The third kappa shape index (κ3) is 3.19. The lowest BCUT2D eigenvalue weighted by molar-refractivity contribution is 0.413. The van der Waals surface area contributed by atoms with Crippen molar-refractivity contribution in [1.29, 1.82) is 0 Å². The molecule has 0 heterocycles. The summed E-state index contributed by atoms with van der Waals surface area (Å²) in [4.78, 5) is 0. The Labute approximate surface area is 114 Å². The van der Waals surface area contributed by atoms with Gasteiger partial charge in [-0.25, -0.2) is 0 Å². The summed E-state index contributed by atoms with van der Waals surface area (Å²) < 4.78 is 10.9. The van der Waals surface area contributed by atoms with Crippen molar-refractivity contribution in [2.45, 2.75) is 19.8 Å². The molecule has 0 unspecified atom stereocenters. The van der Waals surface area contributed by atoms with E-state index in [1.54, 1.807) is 13.2 Å². The molecule has 0 aromatic heterocycles. The standard InChI is InChI=1S/C16H19NO2/c1-11(2)12-4-6-13(7-5-12)19-16-9-8-14(18-3)10-15(16)17/h4-11H,17H2,1-3H3. The number of anilines is 1. The van der Waals surface area contributed by atoms with Crippen molar-refractivity contribution in [2.24, 2.45) is 0 Å². The van der Waals surface area contributed by atoms with Crippen LogP contribution in [0.4, 0.5) is 5.69 Å². The molecule has 0 spiro atoms. The van der Waals surface area contributed by atoms with Crippen LogP contribution in [-0.4, -0.2) is 7.11 Å².